The number of aromatic amines is 1. The first-order chi connectivity index (χ1) is 38.4. The number of imidazole rings is 2. The van der Waals surface area contributed by atoms with Crippen LogP contribution in [0.2, 0.25) is 10.0 Å². The molecule has 28 heteroatoms. The van der Waals surface area contributed by atoms with Crippen LogP contribution in [0.3, 0.4) is 0 Å². The lowest BCUT2D eigenvalue weighted by Gasteiger charge is -2.34. The van der Waals surface area contributed by atoms with E-state index >= 15 is 0 Å². The minimum atomic E-state index is -0.672. The van der Waals surface area contributed by atoms with Crippen LogP contribution in [0.15, 0.2) is 68.0 Å². The minimum Gasteiger partial charge on any atom is -0.444 e. The number of hydrogen-bond donors (Lipinski definition) is 5. The van der Waals surface area contributed by atoms with Crippen LogP contribution < -0.4 is 22.1 Å². The second kappa shape index (κ2) is 26.3. The van der Waals surface area contributed by atoms with Crippen LogP contribution in [0.1, 0.15) is 94.4 Å². The summed E-state index contributed by atoms with van der Waals surface area (Å²) in [6.45, 7) is 19.7. The average Bonchev–Trinajstić information content (AvgIpc) is 4.27. The molecule has 0 spiro atoms. The number of alkyl carbamates (subject to hydrolysis) is 2. The Balaban J connectivity index is 0.000000176. The Morgan fingerprint density at radius 3 is 1.69 bits per heavy atom. The molecule has 22 nitrogen and oxygen atoms in total. The Morgan fingerprint density at radius 1 is 0.704 bits per heavy atom. The number of nitrogens with one attached hydrogen (secondary N) is 3. The van der Waals surface area contributed by atoms with Crippen molar-refractivity contribution < 1.29 is 28.7 Å². The lowest BCUT2D eigenvalue weighted by atomic mass is 9.94. The summed E-state index contributed by atoms with van der Waals surface area (Å²) in [6, 6.07) is 10.1. The number of hydrogen-bond acceptors (Lipinski definition) is 20. The third kappa shape index (κ3) is 16.0. The number of benzene rings is 2. The highest BCUT2D eigenvalue weighted by molar-refractivity contribution is 8.01. The molecule has 2 aliphatic rings. The normalized spacial score (nSPS) is 15.2. The fourth-order valence-corrected chi connectivity index (χ4v) is 13.5. The molecular formula is C53H66Cl2N16O6S4. The van der Waals surface area contributed by atoms with Crippen LogP contribution in [-0.2, 0) is 25.6 Å². The number of carbonyl (C=O) groups excluding carboxylic acids is 4. The first-order valence-electron chi connectivity index (χ1n) is 26.4. The number of anilines is 2. The Labute approximate surface area is 495 Å². The van der Waals surface area contributed by atoms with Gasteiger partial charge in [0.25, 0.3) is 0 Å². The highest BCUT2D eigenvalue weighted by Crippen LogP contribution is 2.40. The molecule has 8 heterocycles. The van der Waals surface area contributed by atoms with Gasteiger partial charge in [0.2, 0.25) is 11.8 Å². The molecular weight excluding hydrogens is 1160 g/mol. The fourth-order valence-electron chi connectivity index (χ4n) is 8.88. The standard InChI is InChI=1S/C26H31ClN8O3S2.C15H28N2O3.C12H7ClN6S2/c1-14(31-24(37)38-26(2,3)4)22(36)34-10-8-15(9-11-34)12-35-21-18(20(28)29-13-30-21)33-23(35)40-25-32-17-7-5-6-16(27)19(17)39-25;1-6-12-7-9-17(10-8-12)13(18)11(2)16-14(19)20-15(3,4)5;13-5-2-1-3-6-8(5)20-12(17-6)21-11-18-7-9(14)15-4-16-10(7)19-11/h5-7,13-15H,8-12H2,1-4H3,(H,31,37)(H2,28,29,30);11-12H,6-10H2,1-5H3,(H,16,19);1-4H,(H3,14,15,16,18,19)/t14-;11-;/m11./s1. The number of H-pyrrole nitrogens is 1. The molecule has 2 aromatic carbocycles. The second-order valence-corrected chi connectivity index (χ2v) is 26.7. The van der Waals surface area contributed by atoms with E-state index in [9.17, 15) is 19.2 Å². The maximum Gasteiger partial charge on any atom is 0.408 e. The topological polar surface area (TPSA) is 293 Å². The van der Waals surface area contributed by atoms with Gasteiger partial charge in [-0.2, -0.15) is 0 Å². The first kappa shape index (κ1) is 60.8. The molecule has 0 unspecified atom stereocenters. The Hall–Kier alpha value is -6.32. The van der Waals surface area contributed by atoms with Crippen molar-refractivity contribution in [2.45, 2.75) is 143 Å². The van der Waals surface area contributed by atoms with E-state index in [1.54, 1.807) is 60.3 Å². The average molecular weight is 1220 g/mol. The van der Waals surface area contributed by atoms with Crippen LogP contribution in [0.5, 0.6) is 0 Å². The Kier molecular flexibility index (Phi) is 19.7. The quantitative estimate of drug-likeness (QED) is 0.0804. The summed E-state index contributed by atoms with van der Waals surface area (Å²) in [5.74, 6) is 1.58. The SMILES string of the molecule is CCC1CCN(C(=O)[C@@H](C)NC(=O)OC(C)(C)C)CC1.C[C@@H](NC(=O)OC(C)(C)C)C(=O)N1CCC(Cn2c(Sc3nc4cccc(Cl)c4s3)nc3c(N)ncnc32)CC1.Nc1ncnc2nc(Sc3nc4cccc(Cl)c4s3)[nH]c12. The summed E-state index contributed by atoms with van der Waals surface area (Å²) in [6.07, 6.45) is 6.58. The van der Waals surface area contributed by atoms with E-state index < -0.39 is 35.5 Å². The lowest BCUT2D eigenvalue weighted by Crippen LogP contribution is -2.50. The molecule has 2 atom stereocenters. The number of nitrogens with zero attached hydrogens (tertiary/aromatic N) is 11. The number of likely N-dealkylation sites (tertiary alicyclic amines) is 2. The van der Waals surface area contributed by atoms with Crippen LogP contribution in [-0.4, -0.2) is 133 Å². The molecule has 432 valence electrons. The summed E-state index contributed by atoms with van der Waals surface area (Å²) >= 11 is 18.4. The first-order valence-corrected chi connectivity index (χ1v) is 30.4. The number of piperidine rings is 2. The Bertz CT molecular complexity index is 3450. The molecule has 4 amide bonds. The van der Waals surface area contributed by atoms with E-state index in [1.165, 1.54) is 65.3 Å². The van der Waals surface area contributed by atoms with Crippen molar-refractivity contribution in [2.24, 2.45) is 11.8 Å². The molecule has 10 rings (SSSR count). The van der Waals surface area contributed by atoms with Gasteiger partial charge >= 0.3 is 12.2 Å². The van der Waals surface area contributed by atoms with E-state index in [0.29, 0.717) is 68.8 Å². The van der Waals surface area contributed by atoms with E-state index in [1.807, 2.05) is 41.3 Å². The molecule has 7 N–H and O–H groups in total. The van der Waals surface area contributed by atoms with Crippen LogP contribution >= 0.6 is 69.4 Å². The van der Waals surface area contributed by atoms with Crippen molar-refractivity contribution in [2.75, 3.05) is 37.6 Å². The van der Waals surface area contributed by atoms with Crippen molar-refractivity contribution in [3.05, 3.63) is 59.1 Å². The molecule has 81 heavy (non-hydrogen) atoms. The van der Waals surface area contributed by atoms with Gasteiger partial charge in [0.1, 0.15) is 41.5 Å². The van der Waals surface area contributed by atoms with Gasteiger partial charge < -0.3 is 50.9 Å². The predicted octanol–water partition coefficient (Wildman–Crippen LogP) is 10.9. The predicted molar refractivity (Wildman–Crippen MR) is 320 cm³/mol. The minimum absolute atomic E-state index is 0.0228. The fraction of sp³-hybridized carbons (Fsp3) is 0.472. The number of rotatable bonds is 11. The van der Waals surface area contributed by atoms with Crippen molar-refractivity contribution in [1.82, 2.24) is 69.9 Å². The van der Waals surface area contributed by atoms with Crippen LogP contribution in [0.4, 0.5) is 21.2 Å². The van der Waals surface area contributed by atoms with Crippen molar-refractivity contribution in [1.29, 1.82) is 0 Å². The van der Waals surface area contributed by atoms with Crippen molar-refractivity contribution in [3.8, 4) is 0 Å². The highest BCUT2D eigenvalue weighted by Gasteiger charge is 2.31. The molecule has 0 bridgehead atoms. The van der Waals surface area contributed by atoms with Gasteiger partial charge in [-0.1, -0.05) is 48.7 Å². The van der Waals surface area contributed by atoms with Gasteiger partial charge in [0.05, 0.1) is 30.5 Å². The zero-order valence-electron chi connectivity index (χ0n) is 46.4. The summed E-state index contributed by atoms with van der Waals surface area (Å²) in [7, 11) is 0. The molecule has 2 saturated heterocycles. The summed E-state index contributed by atoms with van der Waals surface area (Å²) in [5, 5.41) is 8.03. The zero-order chi connectivity index (χ0) is 58.3. The molecule has 0 saturated carbocycles. The van der Waals surface area contributed by atoms with Gasteiger partial charge in [0.15, 0.2) is 47.4 Å². The van der Waals surface area contributed by atoms with E-state index in [2.05, 4.69) is 57.0 Å². The number of thiazole rings is 2. The number of nitrogens with two attached hydrogens (primary N) is 2. The molecule has 8 aromatic rings. The number of carbonyl (C=O) groups is 4. The van der Waals surface area contributed by atoms with Crippen LogP contribution in [0, 0.1) is 11.8 Å². The second-order valence-electron chi connectivity index (χ2n) is 21.5. The molecule has 0 radical (unpaired) electrons. The number of halogens is 2. The summed E-state index contributed by atoms with van der Waals surface area (Å²) < 4.78 is 16.1. The zero-order valence-corrected chi connectivity index (χ0v) is 51.2. The third-order valence-electron chi connectivity index (χ3n) is 13.0. The molecule has 0 aliphatic carbocycles. The summed E-state index contributed by atoms with van der Waals surface area (Å²) in [4.78, 5) is 90.7. The number of ether oxygens (including phenoxy) is 2. The van der Waals surface area contributed by atoms with E-state index in [-0.39, 0.29) is 17.7 Å². The van der Waals surface area contributed by atoms with E-state index in [4.69, 9.17) is 54.1 Å². The maximum atomic E-state index is 13.0. The number of aromatic nitrogens is 10. The van der Waals surface area contributed by atoms with Crippen molar-refractivity contribution >= 4 is 148 Å². The van der Waals surface area contributed by atoms with Gasteiger partial charge in [-0.3, -0.25) is 9.59 Å². The van der Waals surface area contributed by atoms with Crippen LogP contribution in [0.25, 0.3) is 42.8 Å². The number of fused-ring (bicyclic) bond motifs is 4. The number of amides is 4. The Morgan fingerprint density at radius 2 is 1.20 bits per heavy atom. The number of nitrogen functional groups attached to an aromatic ring is 2. The smallest absolute Gasteiger partial charge is 0.408 e. The maximum absolute atomic E-state index is 13.0. The van der Waals surface area contributed by atoms with Gasteiger partial charge in [-0.25, -0.2) is 49.5 Å². The highest BCUT2D eigenvalue weighted by atomic mass is 35.5. The molecule has 6 aromatic heterocycles. The lowest BCUT2D eigenvalue weighted by molar-refractivity contribution is -0.135. The van der Waals surface area contributed by atoms with E-state index in [0.717, 1.165) is 79.0 Å². The summed E-state index contributed by atoms with van der Waals surface area (Å²) in [5.41, 5.74) is 14.9. The van der Waals surface area contributed by atoms with Gasteiger partial charge in [-0.15, -0.1) is 22.7 Å². The molecule has 2 fully saturated rings. The monoisotopic (exact) mass is 1220 g/mol. The largest absolute Gasteiger partial charge is 0.444 e. The third-order valence-corrected chi connectivity index (χ3v) is 18.0. The van der Waals surface area contributed by atoms with Crippen molar-refractivity contribution in [3.63, 3.8) is 0 Å². The van der Waals surface area contributed by atoms with Gasteiger partial charge in [0, 0.05) is 32.7 Å². The molecule has 2 aliphatic heterocycles. The van der Waals surface area contributed by atoms with Gasteiger partial charge in [-0.05, 0) is 141 Å².